The number of nitrogens with zero attached hydrogens (tertiary/aromatic N) is 1. The summed E-state index contributed by atoms with van der Waals surface area (Å²) in [6.45, 7) is 1.79. The van der Waals surface area contributed by atoms with Crippen molar-refractivity contribution in [2.75, 3.05) is 18.4 Å². The van der Waals surface area contributed by atoms with E-state index in [4.69, 9.17) is 0 Å². The van der Waals surface area contributed by atoms with Gasteiger partial charge in [-0.25, -0.2) is 0 Å². The Kier molecular flexibility index (Phi) is 3.42. The van der Waals surface area contributed by atoms with E-state index >= 15 is 0 Å². The lowest BCUT2D eigenvalue weighted by molar-refractivity contribution is -0.120. The number of hydrogen-bond donors (Lipinski definition) is 2. The van der Waals surface area contributed by atoms with Crippen molar-refractivity contribution in [1.82, 2.24) is 10.3 Å². The first-order valence-corrected chi connectivity index (χ1v) is 6.69. The molecule has 1 amide bonds. The Labute approximate surface area is 112 Å². The maximum atomic E-state index is 12.2. The summed E-state index contributed by atoms with van der Waals surface area (Å²) in [6.07, 6.45) is 5.59. The summed E-state index contributed by atoms with van der Waals surface area (Å²) in [5, 5.41) is 8.40. The Morgan fingerprint density at radius 1 is 1.37 bits per heavy atom. The quantitative estimate of drug-likeness (QED) is 0.864. The highest BCUT2D eigenvalue weighted by Crippen LogP contribution is 2.23. The monoisotopic (exact) mass is 255 g/mol. The number of pyridine rings is 1. The Balaban J connectivity index is 1.82. The molecule has 0 aliphatic carbocycles. The Hall–Kier alpha value is -1.94. The van der Waals surface area contributed by atoms with Crippen LogP contribution in [0.15, 0.2) is 36.7 Å². The highest BCUT2D eigenvalue weighted by atomic mass is 16.1. The zero-order valence-electron chi connectivity index (χ0n) is 10.7. The number of benzene rings is 1. The van der Waals surface area contributed by atoms with Crippen LogP contribution in [0.25, 0.3) is 10.8 Å². The van der Waals surface area contributed by atoms with Crippen molar-refractivity contribution in [1.29, 1.82) is 0 Å². The average molecular weight is 255 g/mol. The predicted octanol–water partition coefficient (Wildman–Crippen LogP) is 2.17. The van der Waals surface area contributed by atoms with Crippen LogP contribution >= 0.6 is 0 Å². The number of carbonyl (C=O) groups excluding carboxylic acids is 1. The van der Waals surface area contributed by atoms with Crippen molar-refractivity contribution >= 4 is 22.4 Å². The molecule has 98 valence electrons. The van der Waals surface area contributed by atoms with Crippen LogP contribution in [0, 0.1) is 5.92 Å². The second kappa shape index (κ2) is 5.36. The fraction of sp³-hybridized carbons (Fsp3) is 0.333. The first-order chi connectivity index (χ1) is 9.34. The molecular weight excluding hydrogens is 238 g/mol. The molecule has 1 aliphatic rings. The van der Waals surface area contributed by atoms with Crippen LogP contribution in [0.2, 0.25) is 0 Å². The fourth-order valence-corrected chi connectivity index (χ4v) is 2.54. The van der Waals surface area contributed by atoms with E-state index in [0.29, 0.717) is 0 Å². The maximum absolute atomic E-state index is 12.2. The van der Waals surface area contributed by atoms with Crippen molar-refractivity contribution in [2.24, 2.45) is 5.92 Å². The van der Waals surface area contributed by atoms with Crippen LogP contribution in [0.1, 0.15) is 12.8 Å². The van der Waals surface area contributed by atoms with E-state index in [2.05, 4.69) is 15.6 Å². The van der Waals surface area contributed by atoms with E-state index in [0.717, 1.165) is 42.4 Å². The van der Waals surface area contributed by atoms with Gasteiger partial charge in [0.15, 0.2) is 0 Å². The molecule has 1 aliphatic heterocycles. The van der Waals surface area contributed by atoms with Gasteiger partial charge in [-0.1, -0.05) is 12.1 Å². The maximum Gasteiger partial charge on any atom is 0.228 e. The van der Waals surface area contributed by atoms with Gasteiger partial charge in [0.2, 0.25) is 5.91 Å². The van der Waals surface area contributed by atoms with E-state index in [9.17, 15) is 4.79 Å². The third kappa shape index (κ3) is 2.58. The third-order valence-corrected chi connectivity index (χ3v) is 3.61. The number of fused-ring (bicyclic) bond motifs is 1. The molecule has 0 bridgehead atoms. The first kappa shape index (κ1) is 12.1. The number of rotatable bonds is 2. The minimum atomic E-state index is 0.0749. The lowest BCUT2D eigenvalue weighted by Gasteiger charge is -2.22. The van der Waals surface area contributed by atoms with Gasteiger partial charge in [0.1, 0.15) is 0 Å². The minimum absolute atomic E-state index is 0.0749. The molecule has 0 unspecified atom stereocenters. The van der Waals surface area contributed by atoms with Crippen LogP contribution in [0.5, 0.6) is 0 Å². The molecule has 1 aromatic heterocycles. The molecule has 0 saturated carbocycles. The molecule has 2 N–H and O–H groups in total. The SMILES string of the molecule is O=C(Nc1cccc2cnccc12)[C@H]1CCCNC1. The predicted molar refractivity (Wildman–Crippen MR) is 76.0 cm³/mol. The number of anilines is 1. The van der Waals surface area contributed by atoms with Crippen LogP contribution in [-0.2, 0) is 4.79 Å². The number of carbonyl (C=O) groups is 1. The van der Waals surface area contributed by atoms with Crippen molar-refractivity contribution in [2.45, 2.75) is 12.8 Å². The second-order valence-corrected chi connectivity index (χ2v) is 4.93. The number of piperidine rings is 1. The van der Waals surface area contributed by atoms with Gasteiger partial charge >= 0.3 is 0 Å². The summed E-state index contributed by atoms with van der Waals surface area (Å²) in [6, 6.07) is 7.82. The third-order valence-electron chi connectivity index (χ3n) is 3.61. The molecule has 4 nitrogen and oxygen atoms in total. The molecule has 19 heavy (non-hydrogen) atoms. The Morgan fingerprint density at radius 2 is 2.32 bits per heavy atom. The van der Waals surface area contributed by atoms with Crippen LogP contribution in [0.4, 0.5) is 5.69 Å². The topological polar surface area (TPSA) is 54.0 Å². The van der Waals surface area contributed by atoms with Gasteiger partial charge in [0.25, 0.3) is 0 Å². The normalized spacial score (nSPS) is 19.3. The van der Waals surface area contributed by atoms with Crippen molar-refractivity contribution < 1.29 is 4.79 Å². The molecule has 1 aromatic carbocycles. The van der Waals surface area contributed by atoms with Crippen LogP contribution in [-0.4, -0.2) is 24.0 Å². The summed E-state index contributed by atoms with van der Waals surface area (Å²) in [5.41, 5.74) is 0.871. The molecule has 0 radical (unpaired) electrons. The Bertz CT molecular complexity index is 585. The van der Waals surface area contributed by atoms with E-state index in [-0.39, 0.29) is 11.8 Å². The second-order valence-electron chi connectivity index (χ2n) is 4.93. The number of amides is 1. The van der Waals surface area contributed by atoms with Crippen LogP contribution < -0.4 is 10.6 Å². The Morgan fingerprint density at radius 3 is 3.16 bits per heavy atom. The highest BCUT2D eigenvalue weighted by Gasteiger charge is 2.21. The summed E-state index contributed by atoms with van der Waals surface area (Å²) >= 11 is 0. The van der Waals surface area contributed by atoms with Gasteiger partial charge in [0, 0.05) is 35.4 Å². The van der Waals surface area contributed by atoms with Gasteiger partial charge in [-0.3, -0.25) is 9.78 Å². The largest absolute Gasteiger partial charge is 0.325 e. The molecule has 3 rings (SSSR count). The molecular formula is C15H17N3O. The van der Waals surface area contributed by atoms with Gasteiger partial charge in [0.05, 0.1) is 5.92 Å². The lowest BCUT2D eigenvalue weighted by atomic mass is 9.98. The van der Waals surface area contributed by atoms with Gasteiger partial charge in [-0.2, -0.15) is 0 Å². The van der Waals surface area contributed by atoms with Gasteiger partial charge < -0.3 is 10.6 Å². The van der Waals surface area contributed by atoms with Crippen molar-refractivity contribution in [3.05, 3.63) is 36.7 Å². The minimum Gasteiger partial charge on any atom is -0.325 e. The summed E-state index contributed by atoms with van der Waals surface area (Å²) in [4.78, 5) is 16.3. The van der Waals surface area contributed by atoms with Crippen molar-refractivity contribution in [3.63, 3.8) is 0 Å². The zero-order chi connectivity index (χ0) is 13.1. The van der Waals surface area contributed by atoms with E-state index in [1.807, 2.05) is 30.5 Å². The number of hydrogen-bond acceptors (Lipinski definition) is 3. The number of aromatic nitrogens is 1. The summed E-state index contributed by atoms with van der Waals surface area (Å²) in [5.74, 6) is 0.183. The molecule has 2 heterocycles. The molecule has 1 fully saturated rings. The molecule has 0 spiro atoms. The molecule has 2 aromatic rings. The average Bonchev–Trinajstić information content (AvgIpc) is 2.48. The smallest absolute Gasteiger partial charge is 0.228 e. The summed E-state index contributed by atoms with van der Waals surface area (Å²) in [7, 11) is 0. The summed E-state index contributed by atoms with van der Waals surface area (Å²) < 4.78 is 0. The highest BCUT2D eigenvalue weighted by molar-refractivity contribution is 6.02. The van der Waals surface area contributed by atoms with E-state index in [1.165, 1.54) is 0 Å². The van der Waals surface area contributed by atoms with E-state index in [1.54, 1.807) is 6.20 Å². The van der Waals surface area contributed by atoms with Gasteiger partial charge in [-0.15, -0.1) is 0 Å². The van der Waals surface area contributed by atoms with Gasteiger partial charge in [-0.05, 0) is 31.5 Å². The first-order valence-electron chi connectivity index (χ1n) is 6.69. The standard InChI is InChI=1S/C15H17N3O/c19-15(12-4-2-7-16-10-12)18-14-5-1-3-11-9-17-8-6-13(11)14/h1,3,5-6,8-9,12,16H,2,4,7,10H2,(H,18,19)/t12-/m0/s1. The van der Waals surface area contributed by atoms with Crippen molar-refractivity contribution in [3.8, 4) is 0 Å². The number of nitrogens with one attached hydrogen (secondary N) is 2. The molecule has 1 atom stereocenters. The lowest BCUT2D eigenvalue weighted by Crippen LogP contribution is -2.37. The van der Waals surface area contributed by atoms with E-state index < -0.39 is 0 Å². The molecule has 4 heteroatoms. The molecule has 1 saturated heterocycles. The fourth-order valence-electron chi connectivity index (χ4n) is 2.54. The zero-order valence-corrected chi connectivity index (χ0v) is 10.7. The van der Waals surface area contributed by atoms with Crippen LogP contribution in [0.3, 0.4) is 0 Å².